The minimum absolute atomic E-state index is 0.262. The van der Waals surface area contributed by atoms with Crippen LogP contribution in [0.1, 0.15) is 26.2 Å². The summed E-state index contributed by atoms with van der Waals surface area (Å²) in [4.78, 5) is 27.2. The average Bonchev–Trinajstić information content (AvgIpc) is 2.68. The quantitative estimate of drug-likeness (QED) is 0.545. The predicted octanol–water partition coefficient (Wildman–Crippen LogP) is 1.11. The Balaban J connectivity index is 2.04. The molecule has 1 fully saturated rings. The van der Waals surface area contributed by atoms with Crippen LogP contribution in [0.2, 0.25) is 0 Å². The summed E-state index contributed by atoms with van der Waals surface area (Å²) in [6.45, 7) is 3.69. The van der Waals surface area contributed by atoms with E-state index in [1.54, 1.807) is 0 Å². The fourth-order valence-corrected chi connectivity index (χ4v) is 2.57. The number of imide groups is 1. The molecular formula is C12H16N2O2S. The zero-order valence-electron chi connectivity index (χ0n) is 9.89. The first-order valence-corrected chi connectivity index (χ1v) is 6.36. The summed E-state index contributed by atoms with van der Waals surface area (Å²) in [5.41, 5.74) is 0. The van der Waals surface area contributed by atoms with Gasteiger partial charge in [0.15, 0.2) is 0 Å². The Morgan fingerprint density at radius 1 is 1.18 bits per heavy atom. The van der Waals surface area contributed by atoms with Crippen LogP contribution in [0.3, 0.4) is 0 Å². The monoisotopic (exact) mass is 252 g/mol. The topological polar surface area (TPSA) is 40.6 Å². The van der Waals surface area contributed by atoms with Gasteiger partial charge in [-0.25, -0.2) is 0 Å². The molecule has 4 nitrogen and oxygen atoms in total. The number of carbonyl (C=O) groups excluding carboxylic acids is 2. The summed E-state index contributed by atoms with van der Waals surface area (Å²) in [6.07, 6.45) is 6.10. The molecular weight excluding hydrogens is 236 g/mol. The number of piperidine rings is 1. The van der Waals surface area contributed by atoms with Crippen LogP contribution in [0.15, 0.2) is 12.2 Å². The van der Waals surface area contributed by atoms with Crippen molar-refractivity contribution < 1.29 is 9.59 Å². The highest BCUT2D eigenvalue weighted by molar-refractivity contribution is 7.80. The number of carbonyl (C=O) groups is 2. The maximum absolute atomic E-state index is 11.6. The molecule has 0 radical (unpaired) electrons. The zero-order valence-corrected chi connectivity index (χ0v) is 10.7. The first-order chi connectivity index (χ1) is 8.11. The van der Waals surface area contributed by atoms with E-state index in [1.807, 2.05) is 6.92 Å². The Morgan fingerprint density at radius 2 is 1.71 bits per heavy atom. The first-order valence-electron chi connectivity index (χ1n) is 5.95. The summed E-state index contributed by atoms with van der Waals surface area (Å²) in [5, 5.41) is 0. The summed E-state index contributed by atoms with van der Waals surface area (Å²) in [7, 11) is 0. The van der Waals surface area contributed by atoms with Crippen LogP contribution in [0.4, 0.5) is 0 Å². The van der Waals surface area contributed by atoms with Gasteiger partial charge in [-0.1, -0.05) is 12.2 Å². The Hall–Kier alpha value is -1.23. The summed E-state index contributed by atoms with van der Waals surface area (Å²) in [5.74, 6) is -0.524. The fourth-order valence-electron chi connectivity index (χ4n) is 2.28. The standard InChI is InChI=1S/C12H16N2O2S/c1-9(14-10(15)5-6-11(14)16)12(17)13-7-3-2-4-8-13/h5-6,9H,2-4,7-8H2,1H3. The molecule has 2 aliphatic heterocycles. The highest BCUT2D eigenvalue weighted by atomic mass is 32.1. The van der Waals surface area contributed by atoms with Gasteiger partial charge in [-0.15, -0.1) is 0 Å². The van der Waals surface area contributed by atoms with Gasteiger partial charge in [0.1, 0.15) is 4.99 Å². The van der Waals surface area contributed by atoms with Crippen LogP contribution in [-0.2, 0) is 9.59 Å². The van der Waals surface area contributed by atoms with Crippen molar-refractivity contribution >= 4 is 29.0 Å². The number of rotatable bonds is 2. The van der Waals surface area contributed by atoms with Crippen molar-refractivity contribution in [2.24, 2.45) is 0 Å². The maximum atomic E-state index is 11.6. The van der Waals surface area contributed by atoms with Gasteiger partial charge in [-0.2, -0.15) is 0 Å². The van der Waals surface area contributed by atoms with Crippen LogP contribution < -0.4 is 0 Å². The van der Waals surface area contributed by atoms with Gasteiger partial charge in [-0.05, 0) is 26.2 Å². The third-order valence-corrected chi connectivity index (χ3v) is 3.86. The molecule has 2 rings (SSSR count). The first kappa shape index (κ1) is 12.2. The lowest BCUT2D eigenvalue weighted by Crippen LogP contribution is -2.49. The largest absolute Gasteiger partial charge is 0.364 e. The van der Waals surface area contributed by atoms with Crippen LogP contribution in [0.5, 0.6) is 0 Å². The Morgan fingerprint density at radius 3 is 2.24 bits per heavy atom. The molecule has 0 bridgehead atoms. The number of amides is 2. The van der Waals surface area contributed by atoms with E-state index < -0.39 is 0 Å². The van der Waals surface area contributed by atoms with Gasteiger partial charge in [0.05, 0.1) is 6.04 Å². The molecule has 0 aliphatic carbocycles. The Labute approximate surface area is 106 Å². The van der Waals surface area contributed by atoms with E-state index in [2.05, 4.69) is 4.90 Å². The second-order valence-corrected chi connectivity index (χ2v) is 4.86. The minimum Gasteiger partial charge on any atom is -0.364 e. The van der Waals surface area contributed by atoms with Gasteiger partial charge in [-0.3, -0.25) is 14.5 Å². The van der Waals surface area contributed by atoms with Gasteiger partial charge < -0.3 is 4.90 Å². The molecule has 1 unspecified atom stereocenters. The van der Waals surface area contributed by atoms with Crippen molar-refractivity contribution in [3.05, 3.63) is 12.2 Å². The molecule has 1 atom stereocenters. The zero-order chi connectivity index (χ0) is 12.4. The second-order valence-electron chi connectivity index (χ2n) is 4.44. The normalized spacial score (nSPS) is 22.2. The predicted molar refractivity (Wildman–Crippen MR) is 68.5 cm³/mol. The van der Waals surface area contributed by atoms with E-state index in [4.69, 9.17) is 12.2 Å². The molecule has 0 aromatic rings. The van der Waals surface area contributed by atoms with E-state index in [-0.39, 0.29) is 17.9 Å². The van der Waals surface area contributed by atoms with Crippen molar-refractivity contribution in [3.8, 4) is 0 Å². The Bertz CT molecular complexity index is 368. The van der Waals surface area contributed by atoms with Crippen LogP contribution in [0, 0.1) is 0 Å². The van der Waals surface area contributed by atoms with Crippen LogP contribution >= 0.6 is 12.2 Å². The van der Waals surface area contributed by atoms with Crippen LogP contribution in [-0.4, -0.2) is 45.7 Å². The number of hydrogen-bond donors (Lipinski definition) is 0. The van der Waals surface area contributed by atoms with Crippen molar-refractivity contribution in [2.75, 3.05) is 13.1 Å². The average molecular weight is 252 g/mol. The highest BCUT2D eigenvalue weighted by Crippen LogP contribution is 2.16. The van der Waals surface area contributed by atoms with E-state index >= 15 is 0 Å². The van der Waals surface area contributed by atoms with Crippen molar-refractivity contribution in [3.63, 3.8) is 0 Å². The van der Waals surface area contributed by atoms with E-state index in [0.29, 0.717) is 4.99 Å². The molecule has 0 spiro atoms. The van der Waals surface area contributed by atoms with E-state index in [1.165, 1.54) is 23.5 Å². The fraction of sp³-hybridized carbons (Fsp3) is 0.583. The summed E-state index contributed by atoms with van der Waals surface area (Å²) in [6, 6.07) is -0.321. The lowest BCUT2D eigenvalue weighted by atomic mass is 10.1. The highest BCUT2D eigenvalue weighted by Gasteiger charge is 2.32. The van der Waals surface area contributed by atoms with Crippen molar-refractivity contribution in [2.45, 2.75) is 32.2 Å². The molecule has 1 saturated heterocycles. The number of nitrogens with zero attached hydrogens (tertiary/aromatic N) is 2. The SMILES string of the molecule is CC(C(=S)N1CCCCC1)N1C(=O)C=CC1=O. The molecule has 92 valence electrons. The number of thiocarbonyl (C=S) groups is 1. The number of likely N-dealkylation sites (tertiary alicyclic amines) is 1. The summed E-state index contributed by atoms with van der Waals surface area (Å²) >= 11 is 5.39. The smallest absolute Gasteiger partial charge is 0.254 e. The van der Waals surface area contributed by atoms with Gasteiger partial charge >= 0.3 is 0 Å². The van der Waals surface area contributed by atoms with Crippen LogP contribution in [0.25, 0.3) is 0 Å². The number of hydrogen-bond acceptors (Lipinski definition) is 3. The lowest BCUT2D eigenvalue weighted by molar-refractivity contribution is -0.137. The van der Waals surface area contributed by atoms with Gasteiger partial charge in [0.25, 0.3) is 11.8 Å². The van der Waals surface area contributed by atoms with Crippen molar-refractivity contribution in [1.29, 1.82) is 0 Å². The summed E-state index contributed by atoms with van der Waals surface area (Å²) < 4.78 is 0. The van der Waals surface area contributed by atoms with E-state index in [0.717, 1.165) is 25.9 Å². The molecule has 0 N–H and O–H groups in total. The molecule has 2 amide bonds. The minimum atomic E-state index is -0.321. The molecule has 5 heteroatoms. The third kappa shape index (κ3) is 2.39. The Kier molecular flexibility index (Phi) is 3.57. The van der Waals surface area contributed by atoms with Crippen molar-refractivity contribution in [1.82, 2.24) is 9.80 Å². The van der Waals surface area contributed by atoms with Gasteiger partial charge in [0, 0.05) is 25.2 Å². The molecule has 0 aromatic carbocycles. The van der Waals surface area contributed by atoms with Gasteiger partial charge in [0.2, 0.25) is 0 Å². The molecule has 0 aromatic heterocycles. The van der Waals surface area contributed by atoms with E-state index in [9.17, 15) is 9.59 Å². The molecule has 0 saturated carbocycles. The molecule has 17 heavy (non-hydrogen) atoms. The molecule has 2 heterocycles. The molecule has 2 aliphatic rings. The third-order valence-electron chi connectivity index (χ3n) is 3.26. The lowest BCUT2D eigenvalue weighted by Gasteiger charge is -2.34. The second kappa shape index (κ2) is 4.96. The maximum Gasteiger partial charge on any atom is 0.254 e.